The third-order valence-electron chi connectivity index (χ3n) is 2.93. The van der Waals surface area contributed by atoms with Crippen LogP contribution in [0.5, 0.6) is 0 Å². The van der Waals surface area contributed by atoms with Crippen molar-refractivity contribution in [3.8, 4) is 0 Å². The summed E-state index contributed by atoms with van der Waals surface area (Å²) in [5, 5.41) is 0.124. The number of rotatable bonds is 1. The Hall–Kier alpha value is 0.110. The van der Waals surface area contributed by atoms with Crippen LogP contribution in [0.4, 0.5) is 0 Å². The second kappa shape index (κ2) is 2.31. The number of fused-ring (bicyclic) bond motifs is 2. The maximum absolute atomic E-state index is 10.7. The summed E-state index contributed by atoms with van der Waals surface area (Å²) >= 11 is -1.54. The Morgan fingerprint density at radius 1 is 1.30 bits per heavy atom. The molecule has 0 heterocycles. The van der Waals surface area contributed by atoms with Gasteiger partial charge in [-0.05, 0) is 31.1 Å². The van der Waals surface area contributed by atoms with Crippen LogP contribution >= 0.6 is 0 Å². The maximum Gasteiger partial charge on any atom is 0.156 e. The average Bonchev–Trinajstić information content (AvgIpc) is 2.44. The summed E-state index contributed by atoms with van der Waals surface area (Å²) in [4.78, 5) is 0. The molecule has 2 saturated carbocycles. The van der Waals surface area contributed by atoms with Gasteiger partial charge in [-0.25, -0.2) is 4.21 Å². The van der Waals surface area contributed by atoms with Crippen molar-refractivity contribution in [3.63, 3.8) is 0 Å². The molecular formula is C7H12O2S. The second-order valence-electron chi connectivity index (χ2n) is 3.49. The molecule has 0 radical (unpaired) electrons. The van der Waals surface area contributed by atoms with Crippen molar-refractivity contribution in [2.75, 3.05) is 0 Å². The molecule has 2 aliphatic carbocycles. The summed E-state index contributed by atoms with van der Waals surface area (Å²) in [5.41, 5.74) is 0. The molecule has 2 nitrogen and oxygen atoms in total. The molecule has 0 amide bonds. The van der Waals surface area contributed by atoms with E-state index in [1.807, 2.05) is 0 Å². The minimum atomic E-state index is -1.54. The van der Waals surface area contributed by atoms with E-state index in [2.05, 4.69) is 0 Å². The van der Waals surface area contributed by atoms with E-state index in [4.69, 9.17) is 4.55 Å². The highest BCUT2D eigenvalue weighted by Gasteiger charge is 2.42. The van der Waals surface area contributed by atoms with Crippen molar-refractivity contribution in [3.05, 3.63) is 0 Å². The maximum atomic E-state index is 10.7. The Balaban J connectivity index is 2.08. The van der Waals surface area contributed by atoms with Crippen LogP contribution < -0.4 is 0 Å². The largest absolute Gasteiger partial charge is 0.306 e. The van der Waals surface area contributed by atoms with Crippen LogP contribution in [0.1, 0.15) is 25.7 Å². The molecule has 3 heteroatoms. The van der Waals surface area contributed by atoms with E-state index < -0.39 is 11.1 Å². The van der Waals surface area contributed by atoms with Gasteiger partial charge in [0, 0.05) is 0 Å². The second-order valence-corrected chi connectivity index (χ2v) is 4.65. The summed E-state index contributed by atoms with van der Waals surface area (Å²) in [6, 6.07) is 0. The van der Waals surface area contributed by atoms with Gasteiger partial charge in [0.15, 0.2) is 11.1 Å². The van der Waals surface area contributed by atoms with Crippen LogP contribution in [0.3, 0.4) is 0 Å². The quantitative estimate of drug-likeness (QED) is 0.589. The lowest BCUT2D eigenvalue weighted by Crippen LogP contribution is -2.21. The zero-order chi connectivity index (χ0) is 7.14. The normalized spacial score (nSPS) is 47.9. The van der Waals surface area contributed by atoms with Gasteiger partial charge in [0.25, 0.3) is 0 Å². The van der Waals surface area contributed by atoms with Crippen LogP contribution in [0.15, 0.2) is 0 Å². The molecule has 2 rings (SSSR count). The molecule has 2 aliphatic rings. The third kappa shape index (κ3) is 0.920. The van der Waals surface area contributed by atoms with Crippen molar-refractivity contribution in [2.24, 2.45) is 11.8 Å². The van der Waals surface area contributed by atoms with E-state index in [1.54, 1.807) is 0 Å². The van der Waals surface area contributed by atoms with Gasteiger partial charge in [-0.15, -0.1) is 0 Å². The summed E-state index contributed by atoms with van der Waals surface area (Å²) < 4.78 is 19.5. The first-order valence-electron chi connectivity index (χ1n) is 3.87. The average molecular weight is 160 g/mol. The lowest BCUT2D eigenvalue weighted by Gasteiger charge is -2.16. The van der Waals surface area contributed by atoms with E-state index in [9.17, 15) is 4.21 Å². The van der Waals surface area contributed by atoms with E-state index in [0.717, 1.165) is 12.3 Å². The highest BCUT2D eigenvalue weighted by Crippen LogP contribution is 2.46. The lowest BCUT2D eigenvalue weighted by atomic mass is 10.0. The molecule has 2 fully saturated rings. The van der Waals surface area contributed by atoms with Crippen LogP contribution in [-0.4, -0.2) is 14.0 Å². The van der Waals surface area contributed by atoms with Gasteiger partial charge in [0.05, 0.1) is 5.25 Å². The molecule has 0 aliphatic heterocycles. The van der Waals surface area contributed by atoms with E-state index in [1.165, 1.54) is 19.3 Å². The zero-order valence-corrected chi connectivity index (χ0v) is 6.64. The SMILES string of the molecule is O=S(O)C1C[C@@H]2CC[C@H]1C2. The molecular weight excluding hydrogens is 148 g/mol. The molecule has 2 unspecified atom stereocenters. The van der Waals surface area contributed by atoms with Crippen LogP contribution in [0.2, 0.25) is 0 Å². The van der Waals surface area contributed by atoms with Crippen LogP contribution in [0.25, 0.3) is 0 Å². The van der Waals surface area contributed by atoms with Gasteiger partial charge >= 0.3 is 0 Å². The lowest BCUT2D eigenvalue weighted by molar-refractivity contribution is 0.454. The monoisotopic (exact) mass is 160 g/mol. The highest BCUT2D eigenvalue weighted by molar-refractivity contribution is 7.79. The summed E-state index contributed by atoms with van der Waals surface area (Å²) in [5.74, 6) is 1.36. The van der Waals surface area contributed by atoms with Crippen LogP contribution in [0, 0.1) is 11.8 Å². The minimum absolute atomic E-state index is 0.124. The molecule has 2 bridgehead atoms. The van der Waals surface area contributed by atoms with E-state index in [0.29, 0.717) is 5.92 Å². The molecule has 0 aromatic rings. The fourth-order valence-electron chi connectivity index (χ4n) is 2.43. The first-order valence-corrected chi connectivity index (χ1v) is 5.04. The fraction of sp³-hybridized carbons (Fsp3) is 1.00. The summed E-state index contributed by atoms with van der Waals surface area (Å²) in [6.45, 7) is 0. The smallest absolute Gasteiger partial charge is 0.156 e. The van der Waals surface area contributed by atoms with Gasteiger partial charge in [0.2, 0.25) is 0 Å². The highest BCUT2D eigenvalue weighted by atomic mass is 32.2. The molecule has 4 atom stereocenters. The van der Waals surface area contributed by atoms with E-state index in [-0.39, 0.29) is 5.25 Å². The van der Waals surface area contributed by atoms with Gasteiger partial charge < -0.3 is 4.55 Å². The van der Waals surface area contributed by atoms with Crippen LogP contribution in [-0.2, 0) is 11.1 Å². The van der Waals surface area contributed by atoms with Crippen molar-refractivity contribution >= 4 is 11.1 Å². The fourth-order valence-corrected chi connectivity index (χ4v) is 3.45. The van der Waals surface area contributed by atoms with Crippen molar-refractivity contribution < 1.29 is 8.76 Å². The predicted octanol–water partition coefficient (Wildman–Crippen LogP) is 1.40. The first kappa shape index (κ1) is 6.80. The molecule has 58 valence electrons. The Bertz CT molecular complexity index is 169. The molecule has 0 aromatic heterocycles. The summed E-state index contributed by atoms with van der Waals surface area (Å²) in [6.07, 6.45) is 4.73. The molecule has 10 heavy (non-hydrogen) atoms. The topological polar surface area (TPSA) is 37.3 Å². The van der Waals surface area contributed by atoms with Gasteiger partial charge in [-0.2, -0.15) is 0 Å². The predicted molar refractivity (Wildman–Crippen MR) is 40.0 cm³/mol. The molecule has 1 N–H and O–H groups in total. The van der Waals surface area contributed by atoms with Gasteiger partial charge in [-0.1, -0.05) is 6.42 Å². The van der Waals surface area contributed by atoms with Crippen molar-refractivity contribution in [1.82, 2.24) is 0 Å². The van der Waals surface area contributed by atoms with Gasteiger partial charge in [0.1, 0.15) is 0 Å². The number of hydrogen-bond acceptors (Lipinski definition) is 1. The number of hydrogen-bond donors (Lipinski definition) is 1. The minimum Gasteiger partial charge on any atom is -0.306 e. The molecule has 0 saturated heterocycles. The Kier molecular flexibility index (Phi) is 1.57. The Morgan fingerprint density at radius 3 is 2.40 bits per heavy atom. The Labute approximate surface area is 63.3 Å². The van der Waals surface area contributed by atoms with Gasteiger partial charge in [-0.3, -0.25) is 0 Å². The first-order chi connectivity index (χ1) is 4.77. The zero-order valence-electron chi connectivity index (χ0n) is 5.82. The van der Waals surface area contributed by atoms with Crippen molar-refractivity contribution in [2.45, 2.75) is 30.9 Å². The van der Waals surface area contributed by atoms with E-state index >= 15 is 0 Å². The Morgan fingerprint density at radius 2 is 2.10 bits per heavy atom. The molecule has 0 spiro atoms. The summed E-state index contributed by atoms with van der Waals surface area (Å²) in [7, 11) is 0. The third-order valence-corrected chi connectivity index (χ3v) is 4.03. The van der Waals surface area contributed by atoms with Crippen molar-refractivity contribution in [1.29, 1.82) is 0 Å². The molecule has 0 aromatic carbocycles. The standard InChI is InChI=1S/C7H12O2S/c8-10(9)7-4-5-1-2-6(7)3-5/h5-7H,1-4H2,(H,8,9)/t5-,6+,7?/m1/s1.